The molecule has 4 heteroatoms. The van der Waals surface area contributed by atoms with Gasteiger partial charge in [-0.2, -0.15) is 0 Å². The molecule has 0 amide bonds. The maximum Gasteiger partial charge on any atom is 1.00 e. The topological polar surface area (TPSA) is 49.6 Å². The van der Waals surface area contributed by atoms with Crippen LogP contribution in [0.5, 0.6) is 0 Å². The van der Waals surface area contributed by atoms with Crippen LogP contribution in [0.1, 0.15) is 5.82 Å². The van der Waals surface area contributed by atoms with E-state index in [0.717, 1.165) is 10.9 Å². The largest absolute Gasteiger partial charge is 1.00 e. The fourth-order valence-electron chi connectivity index (χ4n) is 1.19. The van der Waals surface area contributed by atoms with E-state index in [0.29, 0.717) is 11.6 Å². The molecule has 0 aliphatic heterocycles. The van der Waals surface area contributed by atoms with Crippen molar-refractivity contribution in [1.29, 1.82) is 0 Å². The van der Waals surface area contributed by atoms with E-state index in [1.54, 1.807) is 6.92 Å². The molecule has 60 valence electrons. The molecule has 1 aromatic carbocycles. The minimum Gasteiger partial charge on any atom is -0.481 e. The first kappa shape index (κ1) is 11.2. The molecule has 13 heavy (non-hydrogen) atoms. The van der Waals surface area contributed by atoms with E-state index in [4.69, 9.17) is 5.73 Å². The number of fused-ring (bicyclic) bond motifs is 1. The Kier molecular flexibility index (Phi) is 3.97. The van der Waals surface area contributed by atoms with Gasteiger partial charge in [0.05, 0.1) is 5.52 Å². The Hall–Kier alpha value is 0.165. The van der Waals surface area contributed by atoms with Crippen molar-refractivity contribution in [2.45, 2.75) is 6.92 Å². The Labute approximate surface area is 126 Å². The normalized spacial score (nSPS) is 9.62. The van der Waals surface area contributed by atoms with Crippen molar-refractivity contribution < 1.29 is 58.2 Å². The van der Waals surface area contributed by atoms with Crippen molar-refractivity contribution in [1.82, 2.24) is 9.97 Å². The molecule has 0 fully saturated rings. The summed E-state index contributed by atoms with van der Waals surface area (Å²) in [5, 5.41) is 0.808. The quantitative estimate of drug-likeness (QED) is 0.634. The standard InChI is InChI=1S/C9H8N3.Rb/c1-6-11-8-5-3-2-4-7(8)9(10)12-6;/h2-5H,1H3,(H-,10,11,12);/q-1;+1. The molecular formula is C9H8N3Rb. The van der Waals surface area contributed by atoms with Gasteiger partial charge < -0.3 is 10.7 Å². The summed E-state index contributed by atoms with van der Waals surface area (Å²) >= 11 is 0. The average molecular weight is 244 g/mol. The van der Waals surface area contributed by atoms with Crippen LogP contribution >= 0.6 is 0 Å². The minimum atomic E-state index is 0. The van der Waals surface area contributed by atoms with Crippen LogP contribution in [0.25, 0.3) is 16.6 Å². The molecule has 1 aromatic heterocycles. The van der Waals surface area contributed by atoms with Crippen LogP contribution in [0.15, 0.2) is 24.3 Å². The SMILES string of the molecule is Cc1nc([NH-])c2ccccc2n1.[Rb+]. The second kappa shape index (κ2) is 4.60. The summed E-state index contributed by atoms with van der Waals surface area (Å²) in [6.45, 7) is 1.80. The fraction of sp³-hybridized carbons (Fsp3) is 0.111. The third kappa shape index (κ3) is 2.34. The Balaban J connectivity index is 0.000000845. The second-order valence-electron chi connectivity index (χ2n) is 2.64. The van der Waals surface area contributed by atoms with E-state index in [1.165, 1.54) is 0 Å². The first-order valence-electron chi connectivity index (χ1n) is 3.72. The molecule has 3 nitrogen and oxygen atoms in total. The van der Waals surface area contributed by atoms with E-state index >= 15 is 0 Å². The van der Waals surface area contributed by atoms with E-state index in [1.807, 2.05) is 24.3 Å². The zero-order valence-electron chi connectivity index (χ0n) is 7.70. The zero-order chi connectivity index (χ0) is 8.55. The van der Waals surface area contributed by atoms with Crippen LogP contribution in [0.2, 0.25) is 0 Å². The van der Waals surface area contributed by atoms with Gasteiger partial charge in [-0.3, -0.25) is 4.98 Å². The molecule has 0 unspecified atom stereocenters. The van der Waals surface area contributed by atoms with Gasteiger partial charge in [-0.25, -0.2) is 0 Å². The molecule has 0 spiro atoms. The van der Waals surface area contributed by atoms with Gasteiger partial charge in [-0.05, 0) is 18.4 Å². The molecule has 0 aliphatic carbocycles. The Bertz CT molecular complexity index is 428. The van der Waals surface area contributed by atoms with Crippen LogP contribution in [0.4, 0.5) is 5.82 Å². The molecule has 0 saturated heterocycles. The van der Waals surface area contributed by atoms with Crippen molar-refractivity contribution in [3.63, 3.8) is 0 Å². The van der Waals surface area contributed by atoms with Gasteiger partial charge in [0, 0.05) is 5.82 Å². The number of aryl methyl sites for hydroxylation is 1. The predicted molar refractivity (Wildman–Crippen MR) is 48.3 cm³/mol. The van der Waals surface area contributed by atoms with Crippen LogP contribution in [-0.4, -0.2) is 9.97 Å². The molecule has 0 radical (unpaired) electrons. The van der Waals surface area contributed by atoms with Crippen molar-refractivity contribution in [2.24, 2.45) is 0 Å². The van der Waals surface area contributed by atoms with Crippen LogP contribution in [0.3, 0.4) is 0 Å². The van der Waals surface area contributed by atoms with Gasteiger partial charge in [0.2, 0.25) is 0 Å². The zero-order valence-corrected chi connectivity index (χ0v) is 12.6. The van der Waals surface area contributed by atoms with Crippen molar-refractivity contribution >= 4 is 16.7 Å². The maximum atomic E-state index is 7.55. The Morgan fingerprint density at radius 3 is 2.62 bits per heavy atom. The van der Waals surface area contributed by atoms with Gasteiger partial charge in [0.15, 0.2) is 0 Å². The summed E-state index contributed by atoms with van der Waals surface area (Å²) in [5.74, 6) is 0.955. The fourth-order valence-corrected chi connectivity index (χ4v) is 1.19. The van der Waals surface area contributed by atoms with E-state index < -0.39 is 0 Å². The number of benzene rings is 1. The molecular weight excluding hydrogens is 236 g/mol. The third-order valence-electron chi connectivity index (χ3n) is 1.72. The monoisotopic (exact) mass is 243 g/mol. The number of nitrogens with zero attached hydrogens (tertiary/aromatic N) is 2. The second-order valence-corrected chi connectivity index (χ2v) is 2.64. The van der Waals surface area contributed by atoms with Crippen molar-refractivity contribution in [3.8, 4) is 0 Å². The summed E-state index contributed by atoms with van der Waals surface area (Å²) in [5.41, 5.74) is 8.40. The molecule has 0 bridgehead atoms. The first-order chi connectivity index (χ1) is 5.77. The first-order valence-corrected chi connectivity index (χ1v) is 3.72. The molecule has 2 rings (SSSR count). The number of para-hydroxylation sites is 1. The van der Waals surface area contributed by atoms with Gasteiger partial charge in [0.25, 0.3) is 0 Å². The van der Waals surface area contributed by atoms with Crippen LogP contribution < -0.4 is 58.2 Å². The molecule has 0 saturated carbocycles. The van der Waals surface area contributed by atoms with Crippen LogP contribution in [-0.2, 0) is 0 Å². The van der Waals surface area contributed by atoms with Crippen molar-refractivity contribution in [3.05, 3.63) is 35.8 Å². The molecule has 1 N–H and O–H groups in total. The van der Waals surface area contributed by atoms with E-state index in [-0.39, 0.29) is 58.2 Å². The summed E-state index contributed by atoms with van der Waals surface area (Å²) in [6.07, 6.45) is 0. The van der Waals surface area contributed by atoms with Gasteiger partial charge >= 0.3 is 58.2 Å². The number of rotatable bonds is 0. The molecule has 1 heterocycles. The Morgan fingerprint density at radius 1 is 1.15 bits per heavy atom. The van der Waals surface area contributed by atoms with Crippen molar-refractivity contribution in [2.75, 3.05) is 0 Å². The number of aromatic nitrogens is 2. The molecule has 0 atom stereocenters. The predicted octanol–water partition coefficient (Wildman–Crippen LogP) is -0.374. The van der Waals surface area contributed by atoms with E-state index in [9.17, 15) is 0 Å². The van der Waals surface area contributed by atoms with Gasteiger partial charge in [0.1, 0.15) is 0 Å². The number of nitrogens with one attached hydrogen (secondary N) is 1. The summed E-state index contributed by atoms with van der Waals surface area (Å²) in [7, 11) is 0. The Morgan fingerprint density at radius 2 is 1.85 bits per heavy atom. The summed E-state index contributed by atoms with van der Waals surface area (Å²) < 4.78 is 0. The number of hydrogen-bond acceptors (Lipinski definition) is 2. The smallest absolute Gasteiger partial charge is 0.481 e. The maximum absolute atomic E-state index is 7.55. The summed E-state index contributed by atoms with van der Waals surface area (Å²) in [4.78, 5) is 8.16. The van der Waals surface area contributed by atoms with Gasteiger partial charge in [-0.15, -0.1) is 0 Å². The van der Waals surface area contributed by atoms with E-state index in [2.05, 4.69) is 9.97 Å². The molecule has 2 aromatic rings. The average Bonchev–Trinajstić information content (AvgIpc) is 2.04. The summed E-state index contributed by atoms with van der Waals surface area (Å²) in [6, 6.07) is 7.55. The van der Waals surface area contributed by atoms with Gasteiger partial charge in [-0.1, -0.05) is 24.0 Å². The molecule has 0 aliphatic rings. The van der Waals surface area contributed by atoms with Crippen LogP contribution in [0, 0.1) is 6.92 Å². The third-order valence-corrected chi connectivity index (χ3v) is 1.72. The number of hydrogen-bond donors (Lipinski definition) is 0. The minimum absolute atomic E-state index is 0.